The number of methoxy groups -OCH3 is 1. The molecule has 0 spiro atoms. The first kappa shape index (κ1) is 22.2. The van der Waals surface area contributed by atoms with E-state index in [0.29, 0.717) is 61.3 Å². The van der Waals surface area contributed by atoms with Crippen LogP contribution in [0.2, 0.25) is 5.02 Å². The molecule has 2 heterocycles. The van der Waals surface area contributed by atoms with Crippen molar-refractivity contribution in [3.05, 3.63) is 46.6 Å². The highest BCUT2D eigenvalue weighted by molar-refractivity contribution is 6.31. The molecule has 1 aliphatic rings. The number of carbonyl (C=O) groups is 2. The molecule has 0 aliphatic carbocycles. The fraction of sp³-hybridized carbons (Fsp3) is 0.524. The Morgan fingerprint density at radius 2 is 1.93 bits per heavy atom. The molecule has 0 N–H and O–H groups in total. The molecule has 0 radical (unpaired) electrons. The molecule has 1 unspecified atom stereocenters. The summed E-state index contributed by atoms with van der Waals surface area (Å²) in [6.45, 7) is 4.22. The number of piperazine rings is 1. The summed E-state index contributed by atoms with van der Waals surface area (Å²) in [5.41, 5.74) is 0.713. The highest BCUT2D eigenvalue weighted by Gasteiger charge is 2.33. The number of nitrogens with zero attached hydrogens (tertiary/aromatic N) is 4. The lowest BCUT2D eigenvalue weighted by Gasteiger charge is -2.38. The molecule has 1 aromatic carbocycles. The zero-order valence-electron chi connectivity index (χ0n) is 17.3. The summed E-state index contributed by atoms with van der Waals surface area (Å²) in [4.78, 5) is 33.2. The number of ether oxygens (including phenoxy) is 1. The van der Waals surface area contributed by atoms with Gasteiger partial charge >= 0.3 is 5.97 Å². The standard InChI is InChI=1S/C21H27ClN4O4/c1-3-6-17-23-18(30-24-17)9-10-19(27)25-11-13-26(14-12-25)20(21(28)29-2)15-7-4-5-8-16(15)22/h4-5,7-8,20H,3,6,9-14H2,1-2H3. The Labute approximate surface area is 181 Å². The number of carbonyl (C=O) groups excluding carboxylic acids is 2. The summed E-state index contributed by atoms with van der Waals surface area (Å²) in [6.07, 6.45) is 2.47. The molecule has 1 amide bonds. The summed E-state index contributed by atoms with van der Waals surface area (Å²) >= 11 is 6.32. The predicted molar refractivity (Wildman–Crippen MR) is 111 cm³/mol. The minimum atomic E-state index is -0.587. The van der Waals surface area contributed by atoms with Crippen molar-refractivity contribution in [3.8, 4) is 0 Å². The van der Waals surface area contributed by atoms with Crippen LogP contribution in [0.25, 0.3) is 0 Å². The van der Waals surface area contributed by atoms with E-state index < -0.39 is 6.04 Å². The average molecular weight is 435 g/mol. The molecular weight excluding hydrogens is 408 g/mol. The van der Waals surface area contributed by atoms with Crippen molar-refractivity contribution in [1.29, 1.82) is 0 Å². The Bertz CT molecular complexity index is 864. The van der Waals surface area contributed by atoms with Gasteiger partial charge in [0.1, 0.15) is 6.04 Å². The van der Waals surface area contributed by atoms with Crippen LogP contribution in [0.3, 0.4) is 0 Å². The van der Waals surface area contributed by atoms with E-state index in [-0.39, 0.29) is 11.9 Å². The first-order valence-electron chi connectivity index (χ1n) is 10.2. The molecular formula is C21H27ClN4O4. The van der Waals surface area contributed by atoms with Gasteiger partial charge in [-0.3, -0.25) is 9.69 Å². The molecule has 9 heteroatoms. The minimum Gasteiger partial charge on any atom is -0.468 e. The molecule has 0 bridgehead atoms. The zero-order chi connectivity index (χ0) is 21.5. The van der Waals surface area contributed by atoms with Crippen molar-refractivity contribution < 1.29 is 18.8 Å². The van der Waals surface area contributed by atoms with Crippen molar-refractivity contribution in [1.82, 2.24) is 19.9 Å². The van der Waals surface area contributed by atoms with Gasteiger partial charge in [0.15, 0.2) is 5.82 Å². The molecule has 1 atom stereocenters. The Balaban J connectivity index is 1.56. The van der Waals surface area contributed by atoms with E-state index >= 15 is 0 Å². The summed E-state index contributed by atoms with van der Waals surface area (Å²) in [6, 6.07) is 6.68. The monoisotopic (exact) mass is 434 g/mol. The lowest BCUT2D eigenvalue weighted by molar-refractivity contribution is -0.148. The van der Waals surface area contributed by atoms with E-state index in [0.717, 1.165) is 12.8 Å². The van der Waals surface area contributed by atoms with Gasteiger partial charge in [-0.15, -0.1) is 0 Å². The largest absolute Gasteiger partial charge is 0.468 e. The second-order valence-corrected chi connectivity index (χ2v) is 7.63. The molecule has 2 aromatic rings. The summed E-state index contributed by atoms with van der Waals surface area (Å²) in [5, 5.41) is 4.44. The maximum absolute atomic E-state index is 12.6. The fourth-order valence-corrected chi connectivity index (χ4v) is 3.84. The molecule has 1 aromatic heterocycles. The third kappa shape index (κ3) is 5.37. The minimum absolute atomic E-state index is 0.0391. The van der Waals surface area contributed by atoms with Crippen LogP contribution in [-0.2, 0) is 27.2 Å². The number of rotatable bonds is 8. The lowest BCUT2D eigenvalue weighted by Crippen LogP contribution is -2.51. The number of esters is 1. The second kappa shape index (κ2) is 10.5. The van der Waals surface area contributed by atoms with Gasteiger partial charge in [-0.1, -0.05) is 41.9 Å². The van der Waals surface area contributed by atoms with Gasteiger partial charge in [0.2, 0.25) is 11.8 Å². The van der Waals surface area contributed by atoms with Crippen LogP contribution >= 0.6 is 11.6 Å². The number of aromatic nitrogens is 2. The summed E-state index contributed by atoms with van der Waals surface area (Å²) in [7, 11) is 1.37. The van der Waals surface area contributed by atoms with Crippen LogP contribution in [0.5, 0.6) is 0 Å². The Morgan fingerprint density at radius 1 is 1.20 bits per heavy atom. The van der Waals surface area contributed by atoms with Crippen molar-refractivity contribution in [3.63, 3.8) is 0 Å². The van der Waals surface area contributed by atoms with E-state index in [2.05, 4.69) is 17.1 Å². The molecule has 8 nitrogen and oxygen atoms in total. The third-order valence-corrected chi connectivity index (χ3v) is 5.54. The number of aryl methyl sites for hydroxylation is 2. The highest BCUT2D eigenvalue weighted by atomic mass is 35.5. The van der Waals surface area contributed by atoms with Crippen molar-refractivity contribution in [2.75, 3.05) is 33.3 Å². The Hall–Kier alpha value is -2.45. The first-order valence-corrected chi connectivity index (χ1v) is 10.6. The van der Waals surface area contributed by atoms with E-state index in [9.17, 15) is 9.59 Å². The molecule has 162 valence electrons. The van der Waals surface area contributed by atoms with Crippen LogP contribution in [0, 0.1) is 0 Å². The zero-order valence-corrected chi connectivity index (χ0v) is 18.1. The first-order chi connectivity index (χ1) is 14.5. The second-order valence-electron chi connectivity index (χ2n) is 7.22. The topological polar surface area (TPSA) is 88.8 Å². The Morgan fingerprint density at radius 3 is 2.60 bits per heavy atom. The van der Waals surface area contributed by atoms with E-state index in [1.54, 1.807) is 11.0 Å². The molecule has 0 saturated carbocycles. The molecule has 3 rings (SSSR count). The number of hydrogen-bond acceptors (Lipinski definition) is 7. The number of hydrogen-bond donors (Lipinski definition) is 0. The Kier molecular flexibility index (Phi) is 7.81. The van der Waals surface area contributed by atoms with Crippen LogP contribution in [0.1, 0.15) is 43.1 Å². The maximum Gasteiger partial charge on any atom is 0.327 e. The van der Waals surface area contributed by atoms with Crippen LogP contribution < -0.4 is 0 Å². The van der Waals surface area contributed by atoms with Gasteiger partial charge in [-0.2, -0.15) is 4.98 Å². The van der Waals surface area contributed by atoms with E-state index in [1.807, 2.05) is 23.1 Å². The number of halogens is 1. The molecule has 30 heavy (non-hydrogen) atoms. The summed E-state index contributed by atoms with van der Waals surface area (Å²) < 4.78 is 10.2. The van der Waals surface area contributed by atoms with Crippen molar-refractivity contribution in [2.45, 2.75) is 38.6 Å². The van der Waals surface area contributed by atoms with Crippen LogP contribution in [-0.4, -0.2) is 65.1 Å². The SMILES string of the molecule is CCCc1noc(CCC(=O)N2CCN(C(C(=O)OC)c3ccccc3Cl)CC2)n1. The lowest BCUT2D eigenvalue weighted by atomic mass is 10.0. The van der Waals surface area contributed by atoms with E-state index in [4.69, 9.17) is 20.9 Å². The maximum atomic E-state index is 12.6. The van der Waals surface area contributed by atoms with Crippen molar-refractivity contribution in [2.24, 2.45) is 0 Å². The van der Waals surface area contributed by atoms with Gasteiger partial charge in [0.05, 0.1) is 7.11 Å². The van der Waals surface area contributed by atoms with Gasteiger partial charge in [-0.25, -0.2) is 4.79 Å². The highest BCUT2D eigenvalue weighted by Crippen LogP contribution is 2.29. The van der Waals surface area contributed by atoms with Gasteiger partial charge < -0.3 is 14.2 Å². The normalized spacial score (nSPS) is 15.8. The third-order valence-electron chi connectivity index (χ3n) is 5.19. The van der Waals surface area contributed by atoms with Gasteiger partial charge in [0, 0.05) is 50.5 Å². The predicted octanol–water partition coefficient (Wildman–Crippen LogP) is 2.67. The van der Waals surface area contributed by atoms with Crippen LogP contribution in [0.15, 0.2) is 28.8 Å². The molecule has 1 fully saturated rings. The van der Waals surface area contributed by atoms with Crippen molar-refractivity contribution >= 4 is 23.5 Å². The number of amides is 1. The van der Waals surface area contributed by atoms with Gasteiger partial charge in [0.25, 0.3) is 0 Å². The smallest absolute Gasteiger partial charge is 0.327 e. The van der Waals surface area contributed by atoms with Crippen LogP contribution in [0.4, 0.5) is 0 Å². The molecule has 1 aliphatic heterocycles. The summed E-state index contributed by atoms with van der Waals surface area (Å²) in [5.74, 6) is 0.858. The quantitative estimate of drug-likeness (QED) is 0.590. The number of benzene rings is 1. The van der Waals surface area contributed by atoms with E-state index in [1.165, 1.54) is 7.11 Å². The fourth-order valence-electron chi connectivity index (χ4n) is 3.60. The van der Waals surface area contributed by atoms with Gasteiger partial charge in [-0.05, 0) is 18.1 Å². The average Bonchev–Trinajstić information content (AvgIpc) is 3.21. The molecule has 1 saturated heterocycles.